The van der Waals surface area contributed by atoms with E-state index < -0.39 is 23.6 Å². The molecule has 1 aliphatic rings. The monoisotopic (exact) mass is 632 g/mol. The molecule has 2 amide bonds. The Bertz CT molecular complexity index is 1830. The van der Waals surface area contributed by atoms with Gasteiger partial charge in [-0.15, -0.1) is 21.5 Å². The number of hydrogen-bond donors (Lipinski definition) is 1. The van der Waals surface area contributed by atoms with Gasteiger partial charge in [-0.3, -0.25) is 14.2 Å². The molecule has 6 rings (SSSR count). The Balaban J connectivity index is 1.23. The summed E-state index contributed by atoms with van der Waals surface area (Å²) in [5.74, 6) is -1.90. The second-order valence-corrected chi connectivity index (χ2v) is 11.6. The van der Waals surface area contributed by atoms with Crippen LogP contribution >= 0.6 is 23.1 Å². The third-order valence-corrected chi connectivity index (χ3v) is 8.66. The Hall–Kier alpha value is -4.75. The molecule has 0 spiro atoms. The van der Waals surface area contributed by atoms with Crippen LogP contribution in [0.15, 0.2) is 101 Å². The molecule has 3 aromatic carbocycles. The number of hydrazone groups is 1. The van der Waals surface area contributed by atoms with Crippen molar-refractivity contribution < 1.29 is 22.8 Å². The molecular formula is C31H23F3N6O2S2. The molecule has 0 aliphatic carbocycles. The van der Waals surface area contributed by atoms with Gasteiger partial charge in [-0.2, -0.15) is 5.10 Å². The van der Waals surface area contributed by atoms with Crippen molar-refractivity contribution >= 4 is 40.6 Å². The third-order valence-electron chi connectivity index (χ3n) is 6.83. The highest BCUT2D eigenvalue weighted by Gasteiger charge is 2.33. The Kier molecular flexibility index (Phi) is 8.57. The van der Waals surface area contributed by atoms with Gasteiger partial charge in [0.15, 0.2) is 11.0 Å². The lowest BCUT2D eigenvalue weighted by Crippen LogP contribution is -2.28. The number of thioether (sulfide) groups is 1. The van der Waals surface area contributed by atoms with Crippen LogP contribution in [0.2, 0.25) is 0 Å². The Labute approximate surface area is 258 Å². The maximum Gasteiger partial charge on any atom is 0.253 e. The number of benzene rings is 3. The molecule has 0 bridgehead atoms. The van der Waals surface area contributed by atoms with Crippen LogP contribution in [0.4, 0.5) is 13.2 Å². The minimum Gasteiger partial charge on any atom is -0.345 e. The van der Waals surface area contributed by atoms with E-state index in [1.807, 2.05) is 17.5 Å². The fourth-order valence-corrected chi connectivity index (χ4v) is 6.26. The summed E-state index contributed by atoms with van der Waals surface area (Å²) in [6, 6.07) is 20.4. The number of thiophene rings is 1. The lowest BCUT2D eigenvalue weighted by atomic mass is 10.0. The lowest BCUT2D eigenvalue weighted by Gasteiger charge is -2.22. The van der Waals surface area contributed by atoms with Crippen molar-refractivity contribution in [3.63, 3.8) is 0 Å². The first-order chi connectivity index (χ1) is 21.4. The normalized spacial score (nSPS) is 14.5. The average Bonchev–Trinajstić information content (AvgIpc) is 3.80. The maximum atomic E-state index is 13.7. The molecule has 1 N–H and O–H groups in total. The summed E-state index contributed by atoms with van der Waals surface area (Å²) in [7, 11) is 0. The summed E-state index contributed by atoms with van der Waals surface area (Å²) >= 11 is 2.63. The minimum absolute atomic E-state index is 0.0616. The van der Waals surface area contributed by atoms with Crippen molar-refractivity contribution in [2.45, 2.75) is 24.2 Å². The first-order valence-electron chi connectivity index (χ1n) is 13.4. The Morgan fingerprint density at radius 2 is 1.66 bits per heavy atom. The van der Waals surface area contributed by atoms with Crippen LogP contribution in [0.25, 0.3) is 5.69 Å². The van der Waals surface area contributed by atoms with E-state index >= 15 is 0 Å². The van der Waals surface area contributed by atoms with Crippen molar-refractivity contribution in [2.24, 2.45) is 5.10 Å². The highest BCUT2D eigenvalue weighted by atomic mass is 32.2. The van der Waals surface area contributed by atoms with E-state index in [2.05, 4.69) is 20.6 Å². The molecule has 222 valence electrons. The summed E-state index contributed by atoms with van der Waals surface area (Å²) in [5.41, 5.74) is 2.18. The Morgan fingerprint density at radius 3 is 2.36 bits per heavy atom. The maximum absolute atomic E-state index is 13.7. The summed E-state index contributed by atoms with van der Waals surface area (Å²) in [6.45, 7) is -0.0680. The van der Waals surface area contributed by atoms with Crippen LogP contribution in [0.3, 0.4) is 0 Å². The molecule has 1 aliphatic heterocycles. The van der Waals surface area contributed by atoms with Gasteiger partial charge in [0.25, 0.3) is 11.8 Å². The van der Waals surface area contributed by atoms with E-state index in [4.69, 9.17) is 0 Å². The first kappa shape index (κ1) is 29.3. The highest BCUT2D eigenvalue weighted by Crippen LogP contribution is 2.35. The lowest BCUT2D eigenvalue weighted by molar-refractivity contribution is -0.130. The van der Waals surface area contributed by atoms with Crippen LogP contribution in [0.1, 0.15) is 39.1 Å². The molecule has 0 unspecified atom stereocenters. The van der Waals surface area contributed by atoms with Gasteiger partial charge in [0.2, 0.25) is 0 Å². The van der Waals surface area contributed by atoms with Gasteiger partial charge in [-0.25, -0.2) is 18.2 Å². The number of nitrogens with one attached hydrogen (secondary N) is 1. The third kappa shape index (κ3) is 6.43. The van der Waals surface area contributed by atoms with E-state index in [0.29, 0.717) is 23.1 Å². The van der Waals surface area contributed by atoms with E-state index in [1.165, 1.54) is 70.9 Å². The first-order valence-corrected chi connectivity index (χ1v) is 15.3. The summed E-state index contributed by atoms with van der Waals surface area (Å²) in [5, 5.41) is 19.5. The molecule has 0 fully saturated rings. The minimum atomic E-state index is -0.540. The van der Waals surface area contributed by atoms with E-state index in [0.717, 1.165) is 34.0 Å². The molecule has 8 nitrogen and oxygen atoms in total. The van der Waals surface area contributed by atoms with Crippen LogP contribution < -0.4 is 5.32 Å². The number of hydrogen-bond acceptors (Lipinski definition) is 7. The largest absolute Gasteiger partial charge is 0.345 e. The van der Waals surface area contributed by atoms with Crippen LogP contribution in [-0.4, -0.2) is 43.1 Å². The van der Waals surface area contributed by atoms with Gasteiger partial charge in [0, 0.05) is 17.7 Å². The molecule has 1 atom stereocenters. The number of carbonyl (C=O) groups excluding carboxylic acids is 2. The number of carbonyl (C=O) groups is 2. The zero-order valence-corrected chi connectivity index (χ0v) is 24.5. The molecule has 2 aromatic heterocycles. The van der Waals surface area contributed by atoms with Crippen molar-refractivity contribution in [1.29, 1.82) is 0 Å². The molecule has 0 saturated heterocycles. The number of amides is 2. The van der Waals surface area contributed by atoms with Crippen LogP contribution in [0.5, 0.6) is 0 Å². The summed E-state index contributed by atoms with van der Waals surface area (Å²) < 4.78 is 42.6. The average molecular weight is 633 g/mol. The molecule has 3 heterocycles. The SMILES string of the molecule is O=C(NCc1nnc(SCC(=O)N2N=C(c3cccs3)C[C@H]2c2ccc(F)cc2)n1-c1ccc(F)cc1)c1cccc(F)c1. The van der Waals surface area contributed by atoms with Crippen LogP contribution in [-0.2, 0) is 11.3 Å². The molecule has 44 heavy (non-hydrogen) atoms. The van der Waals surface area contributed by atoms with Crippen molar-refractivity contribution in [1.82, 2.24) is 25.1 Å². The number of halogens is 3. The molecule has 0 saturated carbocycles. The fourth-order valence-electron chi connectivity index (χ4n) is 4.72. The van der Waals surface area contributed by atoms with Gasteiger partial charge in [0.1, 0.15) is 17.5 Å². The highest BCUT2D eigenvalue weighted by molar-refractivity contribution is 7.99. The molecule has 0 radical (unpaired) electrons. The topological polar surface area (TPSA) is 92.5 Å². The van der Waals surface area contributed by atoms with Crippen molar-refractivity contribution in [3.05, 3.63) is 130 Å². The van der Waals surface area contributed by atoms with Crippen molar-refractivity contribution in [3.8, 4) is 5.69 Å². The van der Waals surface area contributed by atoms with Gasteiger partial charge < -0.3 is 5.32 Å². The molecule has 13 heteroatoms. The van der Waals surface area contributed by atoms with Gasteiger partial charge >= 0.3 is 0 Å². The van der Waals surface area contributed by atoms with Gasteiger partial charge in [-0.1, -0.05) is 36.0 Å². The molecular weight excluding hydrogens is 610 g/mol. The van der Waals surface area contributed by atoms with E-state index in [-0.39, 0.29) is 29.6 Å². The quantitative estimate of drug-likeness (QED) is 0.197. The number of aromatic nitrogens is 3. The molecule has 5 aromatic rings. The van der Waals surface area contributed by atoms with Gasteiger partial charge in [-0.05, 0) is 71.6 Å². The standard InChI is InChI=1S/C31H23F3N6O2S2/c32-21-8-6-19(7-9-21)26-16-25(27-5-2-14-43-27)38-40(26)29(41)18-44-31-37-36-28(39(31)24-12-10-22(33)11-13-24)17-35-30(42)20-3-1-4-23(34)15-20/h1-15,26H,16-18H2,(H,35,42)/t26-/m0/s1. The number of nitrogens with zero attached hydrogens (tertiary/aromatic N) is 5. The van der Waals surface area contributed by atoms with Crippen molar-refractivity contribution in [2.75, 3.05) is 5.75 Å². The predicted molar refractivity (Wildman–Crippen MR) is 161 cm³/mol. The zero-order valence-electron chi connectivity index (χ0n) is 22.9. The Morgan fingerprint density at radius 1 is 0.909 bits per heavy atom. The second-order valence-electron chi connectivity index (χ2n) is 9.73. The van der Waals surface area contributed by atoms with Crippen LogP contribution in [0, 0.1) is 17.5 Å². The van der Waals surface area contributed by atoms with E-state index in [9.17, 15) is 22.8 Å². The zero-order chi connectivity index (χ0) is 30.6. The summed E-state index contributed by atoms with van der Waals surface area (Å²) in [4.78, 5) is 27.2. The summed E-state index contributed by atoms with van der Waals surface area (Å²) in [6.07, 6.45) is 0.476. The van der Waals surface area contributed by atoms with E-state index in [1.54, 1.807) is 16.7 Å². The van der Waals surface area contributed by atoms with Gasteiger partial charge in [0.05, 0.1) is 28.9 Å². The number of rotatable bonds is 9. The smallest absolute Gasteiger partial charge is 0.253 e. The second kappa shape index (κ2) is 12.9. The fraction of sp³-hybridized carbons (Fsp3) is 0.129. The predicted octanol–water partition coefficient (Wildman–Crippen LogP) is 6.15.